The lowest BCUT2D eigenvalue weighted by Crippen LogP contribution is -2.39. The molecule has 0 aromatic heterocycles. The highest BCUT2D eigenvalue weighted by atomic mass is 14.9. The monoisotopic (exact) mass is 297 g/mol. The molecule has 1 N–H and O–H groups in total. The van der Waals surface area contributed by atoms with Crippen LogP contribution in [-0.2, 0) is 0 Å². The molecule has 0 amide bonds. The van der Waals surface area contributed by atoms with Crippen molar-refractivity contribution in [1.29, 1.82) is 0 Å². The fourth-order valence-corrected chi connectivity index (χ4v) is 3.11. The van der Waals surface area contributed by atoms with E-state index in [2.05, 4.69) is 33.0 Å². The van der Waals surface area contributed by atoms with Gasteiger partial charge in [0.25, 0.3) is 0 Å². The van der Waals surface area contributed by atoms with Crippen LogP contribution in [0.2, 0.25) is 0 Å². The van der Waals surface area contributed by atoms with Crippen LogP contribution in [0.1, 0.15) is 118 Å². The Morgan fingerprint density at radius 1 is 0.571 bits per heavy atom. The standard InChI is InChI=1S/C20H43N/c1-5-7-8-9-10-11-12-13-14-15-16-17-19-21-20(3,4)18-6-2/h21H,5-19H2,1-4H3. The van der Waals surface area contributed by atoms with Crippen molar-refractivity contribution in [1.82, 2.24) is 5.32 Å². The molecule has 1 heteroatoms. The maximum Gasteiger partial charge on any atom is 0.0125 e. The highest BCUT2D eigenvalue weighted by molar-refractivity contribution is 4.76. The molecule has 0 saturated heterocycles. The van der Waals surface area contributed by atoms with Crippen molar-refractivity contribution in [3.63, 3.8) is 0 Å². The van der Waals surface area contributed by atoms with Crippen LogP contribution in [0.15, 0.2) is 0 Å². The molecular formula is C20H43N. The molecule has 0 fully saturated rings. The zero-order chi connectivity index (χ0) is 15.8. The number of nitrogens with one attached hydrogen (secondary N) is 1. The summed E-state index contributed by atoms with van der Waals surface area (Å²) in [4.78, 5) is 0. The summed E-state index contributed by atoms with van der Waals surface area (Å²) in [6, 6.07) is 0. The Balaban J connectivity index is 3.12. The SMILES string of the molecule is CCCCCCCCCCCCCCNC(C)(C)CCC. The zero-order valence-corrected chi connectivity index (χ0v) is 15.6. The average molecular weight is 298 g/mol. The normalized spacial score (nSPS) is 12.0. The van der Waals surface area contributed by atoms with Gasteiger partial charge < -0.3 is 5.32 Å². The molecule has 0 aromatic carbocycles. The molecule has 0 bridgehead atoms. The molecule has 0 aliphatic carbocycles. The lowest BCUT2D eigenvalue weighted by atomic mass is 9.98. The van der Waals surface area contributed by atoms with Crippen LogP contribution in [0.4, 0.5) is 0 Å². The van der Waals surface area contributed by atoms with E-state index in [1.54, 1.807) is 0 Å². The van der Waals surface area contributed by atoms with Gasteiger partial charge in [0.15, 0.2) is 0 Å². The molecule has 0 aliphatic rings. The summed E-state index contributed by atoms with van der Waals surface area (Å²) in [6.07, 6.45) is 19.8. The lowest BCUT2D eigenvalue weighted by Gasteiger charge is -2.25. The third-order valence-corrected chi connectivity index (χ3v) is 4.51. The predicted molar refractivity (Wildman–Crippen MR) is 98.1 cm³/mol. The molecule has 0 atom stereocenters. The van der Waals surface area contributed by atoms with Crippen molar-refractivity contribution >= 4 is 0 Å². The van der Waals surface area contributed by atoms with Gasteiger partial charge >= 0.3 is 0 Å². The van der Waals surface area contributed by atoms with Crippen molar-refractivity contribution < 1.29 is 0 Å². The van der Waals surface area contributed by atoms with E-state index in [-0.39, 0.29) is 0 Å². The molecule has 0 spiro atoms. The van der Waals surface area contributed by atoms with Crippen molar-refractivity contribution in [2.45, 2.75) is 123 Å². The minimum Gasteiger partial charge on any atom is -0.312 e. The minimum absolute atomic E-state index is 0.340. The Labute approximate surface area is 135 Å². The third-order valence-electron chi connectivity index (χ3n) is 4.51. The van der Waals surface area contributed by atoms with E-state index in [4.69, 9.17) is 0 Å². The maximum absolute atomic E-state index is 3.70. The van der Waals surface area contributed by atoms with E-state index in [9.17, 15) is 0 Å². The van der Waals surface area contributed by atoms with Crippen molar-refractivity contribution in [3.05, 3.63) is 0 Å². The Kier molecular flexibility index (Phi) is 14.9. The molecule has 1 nitrogen and oxygen atoms in total. The topological polar surface area (TPSA) is 12.0 Å². The van der Waals surface area contributed by atoms with Crippen molar-refractivity contribution in [2.75, 3.05) is 6.54 Å². The molecule has 21 heavy (non-hydrogen) atoms. The predicted octanol–water partition coefficient (Wildman–Crippen LogP) is 6.86. The van der Waals surface area contributed by atoms with Crippen LogP contribution in [0, 0.1) is 0 Å². The summed E-state index contributed by atoms with van der Waals surface area (Å²) in [6.45, 7) is 10.4. The summed E-state index contributed by atoms with van der Waals surface area (Å²) in [5.74, 6) is 0. The van der Waals surface area contributed by atoms with Crippen LogP contribution >= 0.6 is 0 Å². The first kappa shape index (κ1) is 21.0. The Bertz CT molecular complexity index is 198. The van der Waals surface area contributed by atoms with Crippen LogP contribution < -0.4 is 5.32 Å². The summed E-state index contributed by atoms with van der Waals surface area (Å²) >= 11 is 0. The molecule has 0 aromatic rings. The van der Waals surface area contributed by atoms with Gasteiger partial charge in [-0.25, -0.2) is 0 Å². The van der Waals surface area contributed by atoms with E-state index in [1.807, 2.05) is 0 Å². The molecule has 128 valence electrons. The smallest absolute Gasteiger partial charge is 0.0125 e. The molecule has 0 saturated carbocycles. The fraction of sp³-hybridized carbons (Fsp3) is 1.00. The first-order valence-electron chi connectivity index (χ1n) is 9.87. The molecule has 0 aliphatic heterocycles. The van der Waals surface area contributed by atoms with Crippen LogP contribution in [0.25, 0.3) is 0 Å². The van der Waals surface area contributed by atoms with Crippen molar-refractivity contribution in [3.8, 4) is 0 Å². The van der Waals surface area contributed by atoms with Crippen molar-refractivity contribution in [2.24, 2.45) is 0 Å². The van der Waals surface area contributed by atoms with Gasteiger partial charge in [-0.3, -0.25) is 0 Å². The Hall–Kier alpha value is -0.0400. The van der Waals surface area contributed by atoms with Gasteiger partial charge in [0.2, 0.25) is 0 Å². The molecule has 0 unspecified atom stereocenters. The van der Waals surface area contributed by atoms with Gasteiger partial charge in [0, 0.05) is 5.54 Å². The average Bonchev–Trinajstić information content (AvgIpc) is 2.44. The quantitative estimate of drug-likeness (QED) is 0.307. The number of unbranched alkanes of at least 4 members (excludes halogenated alkanes) is 11. The second kappa shape index (κ2) is 14.9. The lowest BCUT2D eigenvalue weighted by molar-refractivity contribution is 0.354. The molecule has 0 heterocycles. The minimum atomic E-state index is 0.340. The Morgan fingerprint density at radius 2 is 1.00 bits per heavy atom. The number of rotatable bonds is 16. The van der Waals surface area contributed by atoms with E-state index in [0.717, 1.165) is 0 Å². The molecular weight excluding hydrogens is 254 g/mol. The second-order valence-electron chi connectivity index (χ2n) is 7.45. The van der Waals surface area contributed by atoms with Crippen LogP contribution in [0.5, 0.6) is 0 Å². The fourth-order valence-electron chi connectivity index (χ4n) is 3.11. The first-order chi connectivity index (χ1) is 10.1. The first-order valence-corrected chi connectivity index (χ1v) is 9.87. The summed E-state index contributed by atoms with van der Waals surface area (Å²) < 4.78 is 0. The van der Waals surface area contributed by atoms with Gasteiger partial charge in [0.1, 0.15) is 0 Å². The second-order valence-corrected chi connectivity index (χ2v) is 7.45. The highest BCUT2D eigenvalue weighted by Gasteiger charge is 2.14. The number of hydrogen-bond acceptors (Lipinski definition) is 1. The van der Waals surface area contributed by atoms with Gasteiger partial charge in [-0.15, -0.1) is 0 Å². The summed E-state index contributed by atoms with van der Waals surface area (Å²) in [7, 11) is 0. The van der Waals surface area contributed by atoms with Crippen LogP contribution in [0.3, 0.4) is 0 Å². The third kappa shape index (κ3) is 16.2. The van der Waals surface area contributed by atoms with Gasteiger partial charge in [0.05, 0.1) is 0 Å². The van der Waals surface area contributed by atoms with Crippen LogP contribution in [-0.4, -0.2) is 12.1 Å². The number of hydrogen-bond donors (Lipinski definition) is 1. The van der Waals surface area contributed by atoms with E-state index < -0.39 is 0 Å². The Morgan fingerprint density at radius 3 is 1.43 bits per heavy atom. The summed E-state index contributed by atoms with van der Waals surface area (Å²) in [5.41, 5.74) is 0.340. The maximum atomic E-state index is 3.70. The molecule has 0 radical (unpaired) electrons. The van der Waals surface area contributed by atoms with Gasteiger partial charge in [-0.05, 0) is 33.2 Å². The largest absolute Gasteiger partial charge is 0.312 e. The van der Waals surface area contributed by atoms with Gasteiger partial charge in [-0.1, -0.05) is 90.9 Å². The molecule has 0 rings (SSSR count). The van der Waals surface area contributed by atoms with E-state index in [1.165, 1.54) is 96.4 Å². The van der Waals surface area contributed by atoms with E-state index >= 15 is 0 Å². The highest BCUT2D eigenvalue weighted by Crippen LogP contribution is 2.13. The van der Waals surface area contributed by atoms with E-state index in [0.29, 0.717) is 5.54 Å². The van der Waals surface area contributed by atoms with Gasteiger partial charge in [-0.2, -0.15) is 0 Å². The summed E-state index contributed by atoms with van der Waals surface area (Å²) in [5, 5.41) is 3.70. The zero-order valence-electron chi connectivity index (χ0n) is 15.6.